The van der Waals surface area contributed by atoms with Gasteiger partial charge in [0.05, 0.1) is 12.2 Å². The van der Waals surface area contributed by atoms with Gasteiger partial charge < -0.3 is 10.2 Å². The highest BCUT2D eigenvalue weighted by molar-refractivity contribution is 5.74. The second-order valence-corrected chi connectivity index (χ2v) is 4.92. The summed E-state index contributed by atoms with van der Waals surface area (Å²) < 4.78 is 0. The summed E-state index contributed by atoms with van der Waals surface area (Å²) in [4.78, 5) is 22.1. The fourth-order valence-electron chi connectivity index (χ4n) is 2.09. The molecule has 1 N–H and O–H groups in total. The number of aryl methyl sites for hydroxylation is 1. The molecule has 0 aromatic carbocycles. The van der Waals surface area contributed by atoms with Crippen molar-refractivity contribution < 1.29 is 4.79 Å². The Hall–Kier alpha value is -1.65. The molecule has 0 radical (unpaired) electrons. The van der Waals surface area contributed by atoms with E-state index in [-0.39, 0.29) is 6.03 Å². The molecule has 0 aliphatic carbocycles. The highest BCUT2D eigenvalue weighted by Crippen LogP contribution is 2.15. The van der Waals surface area contributed by atoms with Crippen LogP contribution in [0.2, 0.25) is 0 Å². The number of urea groups is 1. The van der Waals surface area contributed by atoms with Crippen LogP contribution in [0.5, 0.6) is 0 Å². The Morgan fingerprint density at radius 1 is 1.50 bits per heavy atom. The number of aromatic nitrogens is 2. The number of amides is 2. The van der Waals surface area contributed by atoms with Gasteiger partial charge in [-0.15, -0.1) is 0 Å². The van der Waals surface area contributed by atoms with Crippen molar-refractivity contribution in [3.05, 3.63) is 23.8 Å². The quantitative estimate of drug-likeness (QED) is 0.867. The van der Waals surface area contributed by atoms with Gasteiger partial charge in [-0.25, -0.2) is 14.8 Å². The molecule has 0 atom stereocenters. The molecule has 2 heterocycles. The van der Waals surface area contributed by atoms with E-state index in [0.717, 1.165) is 43.4 Å². The Bertz CT molecular complexity index is 413. The molecule has 1 aliphatic heterocycles. The Labute approximate surface area is 108 Å². The molecule has 5 heteroatoms. The number of carbonyl (C=O) groups excluding carboxylic acids is 1. The molecular formula is C13H20N4O. The molecule has 1 aromatic heterocycles. The van der Waals surface area contributed by atoms with Crippen molar-refractivity contribution in [3.63, 3.8) is 0 Å². The lowest BCUT2D eigenvalue weighted by atomic mass is 10.00. The van der Waals surface area contributed by atoms with Crippen LogP contribution in [0.3, 0.4) is 0 Å². The number of carbonyl (C=O) groups is 1. The van der Waals surface area contributed by atoms with Crippen LogP contribution in [0.1, 0.15) is 31.3 Å². The first-order chi connectivity index (χ1) is 8.65. The van der Waals surface area contributed by atoms with E-state index in [1.165, 1.54) is 0 Å². The summed E-state index contributed by atoms with van der Waals surface area (Å²) in [5, 5.41) is 2.91. The molecule has 18 heavy (non-hydrogen) atoms. The zero-order valence-corrected chi connectivity index (χ0v) is 11.0. The van der Waals surface area contributed by atoms with Crippen molar-refractivity contribution >= 4 is 6.03 Å². The topological polar surface area (TPSA) is 58.1 Å². The van der Waals surface area contributed by atoms with Crippen molar-refractivity contribution in [1.29, 1.82) is 0 Å². The van der Waals surface area contributed by atoms with Gasteiger partial charge in [0.2, 0.25) is 0 Å². The molecule has 5 nitrogen and oxygen atoms in total. The van der Waals surface area contributed by atoms with Gasteiger partial charge in [-0.3, -0.25) is 0 Å². The second kappa shape index (κ2) is 5.80. The zero-order chi connectivity index (χ0) is 13.0. The highest BCUT2D eigenvalue weighted by atomic mass is 16.2. The number of likely N-dealkylation sites (tertiary alicyclic amines) is 1. The summed E-state index contributed by atoms with van der Waals surface area (Å²) in [7, 11) is 0. The Kier molecular flexibility index (Phi) is 4.12. The average molecular weight is 248 g/mol. The molecule has 1 aliphatic rings. The predicted molar refractivity (Wildman–Crippen MR) is 69.0 cm³/mol. The third-order valence-corrected chi connectivity index (χ3v) is 3.33. The lowest BCUT2D eigenvalue weighted by Gasteiger charge is -2.30. The van der Waals surface area contributed by atoms with Crippen LogP contribution in [-0.2, 0) is 6.54 Å². The van der Waals surface area contributed by atoms with Crippen molar-refractivity contribution in [1.82, 2.24) is 20.2 Å². The minimum atomic E-state index is 0.0122. The number of nitrogens with one attached hydrogen (secondary N) is 1. The molecule has 98 valence electrons. The van der Waals surface area contributed by atoms with Gasteiger partial charge in [0.15, 0.2) is 0 Å². The summed E-state index contributed by atoms with van der Waals surface area (Å²) in [5.74, 6) is 1.46. The minimum Gasteiger partial charge on any atom is -0.332 e. The summed E-state index contributed by atoms with van der Waals surface area (Å²) in [6.07, 6.45) is 3.91. The maximum absolute atomic E-state index is 11.9. The first-order valence-electron chi connectivity index (χ1n) is 6.46. The number of nitrogens with zero attached hydrogens (tertiary/aromatic N) is 3. The number of piperidine rings is 1. The fraction of sp³-hybridized carbons (Fsp3) is 0.615. The number of rotatable bonds is 2. The van der Waals surface area contributed by atoms with Gasteiger partial charge in [0, 0.05) is 19.3 Å². The first kappa shape index (κ1) is 12.8. The second-order valence-electron chi connectivity index (χ2n) is 4.92. The maximum Gasteiger partial charge on any atom is 0.317 e. The van der Waals surface area contributed by atoms with Crippen LogP contribution < -0.4 is 5.32 Å². The van der Waals surface area contributed by atoms with Crippen LogP contribution in [0, 0.1) is 12.8 Å². The number of hydrogen-bond donors (Lipinski definition) is 1. The minimum absolute atomic E-state index is 0.0122. The van der Waals surface area contributed by atoms with Gasteiger partial charge >= 0.3 is 6.03 Å². The van der Waals surface area contributed by atoms with E-state index in [4.69, 9.17) is 0 Å². The Balaban J connectivity index is 1.81. The third kappa shape index (κ3) is 3.42. The van der Waals surface area contributed by atoms with E-state index in [9.17, 15) is 4.79 Å². The molecule has 0 unspecified atom stereocenters. The van der Waals surface area contributed by atoms with Crippen molar-refractivity contribution in [2.75, 3.05) is 13.1 Å². The third-order valence-electron chi connectivity index (χ3n) is 3.33. The maximum atomic E-state index is 11.9. The molecule has 1 saturated heterocycles. The standard InChI is InChI=1S/C13H20N4O/c1-10-4-7-17(8-5-10)13(18)15-9-12-3-6-14-11(2)16-12/h3,6,10H,4-5,7-9H2,1-2H3,(H,15,18). The lowest BCUT2D eigenvalue weighted by Crippen LogP contribution is -2.43. The van der Waals surface area contributed by atoms with Crippen molar-refractivity contribution in [2.24, 2.45) is 5.92 Å². The van der Waals surface area contributed by atoms with Crippen molar-refractivity contribution in [3.8, 4) is 0 Å². The van der Waals surface area contributed by atoms with Crippen LogP contribution in [0.4, 0.5) is 4.79 Å². The molecule has 0 spiro atoms. The van der Waals surface area contributed by atoms with E-state index < -0.39 is 0 Å². The summed E-state index contributed by atoms with van der Waals surface area (Å²) in [6.45, 7) is 6.26. The molecule has 2 amide bonds. The van der Waals surface area contributed by atoms with Gasteiger partial charge in [-0.2, -0.15) is 0 Å². The van der Waals surface area contributed by atoms with E-state index >= 15 is 0 Å². The van der Waals surface area contributed by atoms with Gasteiger partial charge in [0.25, 0.3) is 0 Å². The smallest absolute Gasteiger partial charge is 0.317 e. The average Bonchev–Trinajstić information content (AvgIpc) is 2.37. The summed E-state index contributed by atoms with van der Waals surface area (Å²) >= 11 is 0. The molecule has 1 aromatic rings. The van der Waals surface area contributed by atoms with Gasteiger partial charge in [0.1, 0.15) is 5.82 Å². The van der Waals surface area contributed by atoms with Crippen LogP contribution in [0.25, 0.3) is 0 Å². The SMILES string of the molecule is Cc1nccc(CNC(=O)N2CCC(C)CC2)n1. The Morgan fingerprint density at radius 3 is 2.89 bits per heavy atom. The highest BCUT2D eigenvalue weighted by Gasteiger charge is 2.19. The molecule has 0 bridgehead atoms. The Morgan fingerprint density at radius 2 is 2.22 bits per heavy atom. The normalized spacial score (nSPS) is 16.7. The van der Waals surface area contributed by atoms with E-state index in [1.54, 1.807) is 6.20 Å². The number of hydrogen-bond acceptors (Lipinski definition) is 3. The molecule has 2 rings (SSSR count). The zero-order valence-electron chi connectivity index (χ0n) is 11.0. The van der Waals surface area contributed by atoms with E-state index in [2.05, 4.69) is 22.2 Å². The molecule has 1 fully saturated rings. The fourth-order valence-corrected chi connectivity index (χ4v) is 2.09. The summed E-state index contributed by atoms with van der Waals surface area (Å²) in [6, 6.07) is 1.84. The lowest BCUT2D eigenvalue weighted by molar-refractivity contribution is 0.173. The van der Waals surface area contributed by atoms with Crippen LogP contribution in [0.15, 0.2) is 12.3 Å². The van der Waals surface area contributed by atoms with E-state index in [0.29, 0.717) is 6.54 Å². The first-order valence-corrected chi connectivity index (χ1v) is 6.46. The molecule has 0 saturated carbocycles. The van der Waals surface area contributed by atoms with Gasteiger partial charge in [-0.1, -0.05) is 6.92 Å². The van der Waals surface area contributed by atoms with Crippen molar-refractivity contribution in [2.45, 2.75) is 33.2 Å². The summed E-state index contributed by atoms with van der Waals surface area (Å²) in [5.41, 5.74) is 0.848. The van der Waals surface area contributed by atoms with Gasteiger partial charge in [-0.05, 0) is 31.7 Å². The van der Waals surface area contributed by atoms with Crippen LogP contribution in [-0.4, -0.2) is 34.0 Å². The largest absolute Gasteiger partial charge is 0.332 e. The monoisotopic (exact) mass is 248 g/mol. The predicted octanol–water partition coefficient (Wildman–Crippen LogP) is 1.73. The van der Waals surface area contributed by atoms with E-state index in [1.807, 2.05) is 17.9 Å². The van der Waals surface area contributed by atoms with Crippen LogP contribution >= 0.6 is 0 Å². The molecular weight excluding hydrogens is 228 g/mol.